The molecule has 0 bridgehead atoms. The molecule has 100 valence electrons. The standard InChI is InChI=1S/C17H15NO2/c1-11-7-12(2)16(13(3)8-11)20-17(19)15-6-4-5-14(9-15)10-18/h4-9H,1-3H3. The summed E-state index contributed by atoms with van der Waals surface area (Å²) in [6.45, 7) is 5.82. The fraction of sp³-hybridized carbons (Fsp3) is 0.176. The van der Waals surface area contributed by atoms with E-state index in [0.717, 1.165) is 16.7 Å². The van der Waals surface area contributed by atoms with Gasteiger partial charge in [-0.15, -0.1) is 0 Å². The zero-order valence-electron chi connectivity index (χ0n) is 11.7. The summed E-state index contributed by atoms with van der Waals surface area (Å²) in [6, 6.07) is 12.4. The molecule has 0 aliphatic heterocycles. The van der Waals surface area contributed by atoms with Crippen molar-refractivity contribution in [2.75, 3.05) is 0 Å². The minimum Gasteiger partial charge on any atom is -0.422 e. The molecule has 3 heteroatoms. The van der Waals surface area contributed by atoms with Gasteiger partial charge >= 0.3 is 5.97 Å². The van der Waals surface area contributed by atoms with E-state index in [2.05, 4.69) is 0 Å². The topological polar surface area (TPSA) is 50.1 Å². The first kappa shape index (κ1) is 13.8. The molecule has 2 aromatic rings. The Bertz CT molecular complexity index is 688. The molecule has 20 heavy (non-hydrogen) atoms. The summed E-state index contributed by atoms with van der Waals surface area (Å²) in [7, 11) is 0. The van der Waals surface area contributed by atoms with Gasteiger partial charge in [0.25, 0.3) is 0 Å². The van der Waals surface area contributed by atoms with Crippen LogP contribution in [0.5, 0.6) is 5.75 Å². The first-order valence-corrected chi connectivity index (χ1v) is 6.31. The zero-order chi connectivity index (χ0) is 14.7. The monoisotopic (exact) mass is 265 g/mol. The Labute approximate surface area is 118 Å². The Hall–Kier alpha value is -2.60. The molecule has 0 unspecified atom stereocenters. The third kappa shape index (κ3) is 2.86. The molecule has 0 saturated carbocycles. The highest BCUT2D eigenvalue weighted by atomic mass is 16.5. The molecule has 2 rings (SSSR count). The summed E-state index contributed by atoms with van der Waals surface area (Å²) in [5.74, 6) is 0.139. The summed E-state index contributed by atoms with van der Waals surface area (Å²) in [5.41, 5.74) is 3.80. The summed E-state index contributed by atoms with van der Waals surface area (Å²) in [5, 5.41) is 8.85. The van der Waals surface area contributed by atoms with Gasteiger partial charge in [-0.05, 0) is 50.1 Å². The first-order chi connectivity index (χ1) is 9.51. The van der Waals surface area contributed by atoms with E-state index in [1.807, 2.05) is 39.0 Å². The van der Waals surface area contributed by atoms with Crippen LogP contribution in [-0.2, 0) is 0 Å². The van der Waals surface area contributed by atoms with Gasteiger partial charge in [-0.3, -0.25) is 0 Å². The highest BCUT2D eigenvalue weighted by Crippen LogP contribution is 2.25. The molecule has 0 aliphatic carbocycles. The van der Waals surface area contributed by atoms with E-state index >= 15 is 0 Å². The number of hydrogen-bond acceptors (Lipinski definition) is 3. The zero-order valence-corrected chi connectivity index (χ0v) is 11.7. The molecule has 0 saturated heterocycles. The van der Waals surface area contributed by atoms with Crippen molar-refractivity contribution in [1.29, 1.82) is 5.26 Å². The minimum absolute atomic E-state index is 0.378. The third-order valence-corrected chi connectivity index (χ3v) is 3.03. The van der Waals surface area contributed by atoms with Crippen LogP contribution in [-0.4, -0.2) is 5.97 Å². The number of ether oxygens (including phenoxy) is 1. The number of hydrogen-bond donors (Lipinski definition) is 0. The SMILES string of the molecule is Cc1cc(C)c(OC(=O)c2cccc(C#N)c2)c(C)c1. The minimum atomic E-state index is -0.447. The van der Waals surface area contributed by atoms with E-state index in [4.69, 9.17) is 10.00 Å². The smallest absolute Gasteiger partial charge is 0.343 e. The Morgan fingerprint density at radius 3 is 2.35 bits per heavy atom. The lowest BCUT2D eigenvalue weighted by Gasteiger charge is -2.11. The Morgan fingerprint density at radius 1 is 1.10 bits per heavy atom. The molecule has 0 fully saturated rings. The summed E-state index contributed by atoms with van der Waals surface area (Å²) < 4.78 is 5.47. The number of nitriles is 1. The van der Waals surface area contributed by atoms with Crippen molar-refractivity contribution in [3.8, 4) is 11.8 Å². The summed E-state index contributed by atoms with van der Waals surface area (Å²) >= 11 is 0. The van der Waals surface area contributed by atoms with Crippen LogP contribution in [0.3, 0.4) is 0 Å². The number of carbonyl (C=O) groups excluding carboxylic acids is 1. The first-order valence-electron chi connectivity index (χ1n) is 6.31. The van der Waals surface area contributed by atoms with Crippen molar-refractivity contribution in [1.82, 2.24) is 0 Å². The van der Waals surface area contributed by atoms with Crippen LogP contribution >= 0.6 is 0 Å². The summed E-state index contributed by atoms with van der Waals surface area (Å²) in [6.07, 6.45) is 0. The van der Waals surface area contributed by atoms with Crippen molar-refractivity contribution in [3.63, 3.8) is 0 Å². The molecule has 3 nitrogen and oxygen atoms in total. The fourth-order valence-electron chi connectivity index (χ4n) is 2.20. The van der Waals surface area contributed by atoms with E-state index in [1.165, 1.54) is 6.07 Å². The van der Waals surface area contributed by atoms with Gasteiger partial charge < -0.3 is 4.74 Å². The summed E-state index contributed by atoms with van der Waals surface area (Å²) in [4.78, 5) is 12.1. The van der Waals surface area contributed by atoms with Crippen molar-refractivity contribution in [2.24, 2.45) is 0 Å². The van der Waals surface area contributed by atoms with E-state index in [0.29, 0.717) is 16.9 Å². The lowest BCUT2D eigenvalue weighted by Crippen LogP contribution is -2.10. The Balaban J connectivity index is 2.31. The lowest BCUT2D eigenvalue weighted by atomic mass is 10.1. The molecule has 0 spiro atoms. The normalized spacial score (nSPS) is 9.90. The van der Waals surface area contributed by atoms with Crippen molar-refractivity contribution >= 4 is 5.97 Å². The number of aryl methyl sites for hydroxylation is 3. The van der Waals surface area contributed by atoms with E-state index in [-0.39, 0.29) is 0 Å². The van der Waals surface area contributed by atoms with Gasteiger partial charge in [0.2, 0.25) is 0 Å². The van der Waals surface area contributed by atoms with Crippen LogP contribution in [0.25, 0.3) is 0 Å². The van der Waals surface area contributed by atoms with Crippen LogP contribution in [0.15, 0.2) is 36.4 Å². The molecule has 0 amide bonds. The van der Waals surface area contributed by atoms with Crippen LogP contribution in [0, 0.1) is 32.1 Å². The maximum Gasteiger partial charge on any atom is 0.343 e. The van der Waals surface area contributed by atoms with Crippen molar-refractivity contribution in [3.05, 3.63) is 64.2 Å². The van der Waals surface area contributed by atoms with Gasteiger partial charge in [0, 0.05) is 0 Å². The molecule has 0 atom stereocenters. The second kappa shape index (κ2) is 5.58. The number of nitrogens with zero attached hydrogens (tertiary/aromatic N) is 1. The van der Waals surface area contributed by atoms with E-state index < -0.39 is 5.97 Å². The molecular formula is C17H15NO2. The Morgan fingerprint density at radius 2 is 1.75 bits per heavy atom. The number of carbonyl (C=O) groups is 1. The van der Waals surface area contributed by atoms with Crippen LogP contribution in [0.1, 0.15) is 32.6 Å². The molecular weight excluding hydrogens is 250 g/mol. The maximum atomic E-state index is 12.1. The Kier molecular flexibility index (Phi) is 3.86. The quantitative estimate of drug-likeness (QED) is 0.614. The lowest BCUT2D eigenvalue weighted by molar-refractivity contribution is 0.0732. The maximum absolute atomic E-state index is 12.1. The molecule has 0 N–H and O–H groups in total. The van der Waals surface area contributed by atoms with Gasteiger partial charge in [-0.1, -0.05) is 23.8 Å². The van der Waals surface area contributed by atoms with Crippen LogP contribution in [0.4, 0.5) is 0 Å². The second-order valence-electron chi connectivity index (χ2n) is 4.81. The highest BCUT2D eigenvalue weighted by molar-refractivity contribution is 5.91. The third-order valence-electron chi connectivity index (χ3n) is 3.03. The average molecular weight is 265 g/mol. The van der Waals surface area contributed by atoms with E-state index in [9.17, 15) is 4.79 Å². The van der Waals surface area contributed by atoms with Gasteiger partial charge in [0.1, 0.15) is 5.75 Å². The number of benzene rings is 2. The van der Waals surface area contributed by atoms with Crippen molar-refractivity contribution < 1.29 is 9.53 Å². The molecule has 0 aromatic heterocycles. The number of rotatable bonds is 2. The largest absolute Gasteiger partial charge is 0.422 e. The van der Waals surface area contributed by atoms with Crippen LogP contribution < -0.4 is 4.74 Å². The van der Waals surface area contributed by atoms with Gasteiger partial charge in [0.15, 0.2) is 0 Å². The van der Waals surface area contributed by atoms with Crippen molar-refractivity contribution in [2.45, 2.75) is 20.8 Å². The van der Waals surface area contributed by atoms with Crippen LogP contribution in [0.2, 0.25) is 0 Å². The van der Waals surface area contributed by atoms with E-state index in [1.54, 1.807) is 18.2 Å². The van der Waals surface area contributed by atoms with Gasteiger partial charge in [-0.25, -0.2) is 4.79 Å². The van der Waals surface area contributed by atoms with Gasteiger partial charge in [-0.2, -0.15) is 5.26 Å². The molecule has 0 heterocycles. The average Bonchev–Trinajstić information content (AvgIpc) is 2.42. The predicted octanol–water partition coefficient (Wildman–Crippen LogP) is 3.70. The van der Waals surface area contributed by atoms with Gasteiger partial charge in [0.05, 0.1) is 17.2 Å². The predicted molar refractivity (Wildman–Crippen MR) is 76.8 cm³/mol. The molecule has 2 aromatic carbocycles. The highest BCUT2D eigenvalue weighted by Gasteiger charge is 2.13. The molecule has 0 aliphatic rings. The molecule has 0 radical (unpaired) electrons. The second-order valence-corrected chi connectivity index (χ2v) is 4.81. The number of esters is 1. The fourth-order valence-corrected chi connectivity index (χ4v) is 2.20.